The lowest BCUT2D eigenvalue weighted by Crippen LogP contribution is -2.31. The van der Waals surface area contributed by atoms with Gasteiger partial charge in [0.2, 0.25) is 11.1 Å². The number of aryl methyl sites for hydroxylation is 1. The summed E-state index contributed by atoms with van der Waals surface area (Å²) < 4.78 is 7.12. The normalized spacial score (nSPS) is 14.6. The van der Waals surface area contributed by atoms with Crippen LogP contribution in [0.2, 0.25) is 5.02 Å². The van der Waals surface area contributed by atoms with Crippen molar-refractivity contribution in [2.24, 2.45) is 0 Å². The first-order valence-corrected chi connectivity index (χ1v) is 13.1. The van der Waals surface area contributed by atoms with Gasteiger partial charge in [0.1, 0.15) is 11.8 Å². The quantitative estimate of drug-likeness (QED) is 0.266. The van der Waals surface area contributed by atoms with Gasteiger partial charge in [-0.1, -0.05) is 65.8 Å². The molecule has 9 heteroatoms. The Hall–Kier alpha value is -3.75. The molecule has 3 aromatic carbocycles. The second-order valence-electron chi connectivity index (χ2n) is 8.71. The summed E-state index contributed by atoms with van der Waals surface area (Å²) in [6.07, 6.45) is 0. The maximum atomic E-state index is 13.6. The number of allylic oxidation sites excluding steroid dienone is 1. The van der Waals surface area contributed by atoms with E-state index >= 15 is 0 Å². The zero-order valence-corrected chi connectivity index (χ0v) is 22.2. The third-order valence-electron chi connectivity index (χ3n) is 6.10. The molecule has 0 fully saturated rings. The molecule has 2 N–H and O–H groups in total. The molecule has 0 radical (unpaired) electrons. The van der Waals surface area contributed by atoms with Crippen molar-refractivity contribution in [1.82, 2.24) is 14.8 Å². The summed E-state index contributed by atoms with van der Waals surface area (Å²) in [7, 11) is 1.63. The molecule has 0 bridgehead atoms. The number of hydrogen-bond donors (Lipinski definition) is 2. The second-order valence-corrected chi connectivity index (χ2v) is 10.1. The SMILES string of the molecule is COc1ccc(C2C(C(=O)Nc3cccc(C)c3)=C(C)Nc3nc(SCc4ccccc4Cl)nn32)cc1. The van der Waals surface area contributed by atoms with Gasteiger partial charge in [0.25, 0.3) is 5.91 Å². The standard InChI is InChI=1S/C28H26ClN5O2S/c1-17-7-6-9-21(15-17)31-26(35)24-18(2)30-27-32-28(37-16-20-8-4-5-10-23(20)29)33-34(27)25(24)19-11-13-22(36-3)14-12-19/h4-15,25H,16H2,1-3H3,(H,31,35)(H,30,32,33). The number of aromatic nitrogens is 3. The number of methoxy groups -OCH3 is 1. The fourth-order valence-corrected chi connectivity index (χ4v) is 5.37. The molecule has 1 amide bonds. The highest BCUT2D eigenvalue weighted by atomic mass is 35.5. The third kappa shape index (κ3) is 5.35. The summed E-state index contributed by atoms with van der Waals surface area (Å²) in [5.41, 5.74) is 4.98. The smallest absolute Gasteiger partial charge is 0.255 e. The van der Waals surface area contributed by atoms with Crippen LogP contribution in [0.5, 0.6) is 5.75 Å². The molecule has 0 saturated carbocycles. The van der Waals surface area contributed by atoms with E-state index in [2.05, 4.69) is 10.6 Å². The van der Waals surface area contributed by atoms with Crippen LogP contribution in [0.15, 0.2) is 89.2 Å². The molecule has 5 rings (SSSR count). The minimum atomic E-state index is -0.478. The lowest BCUT2D eigenvalue weighted by molar-refractivity contribution is -0.113. The van der Waals surface area contributed by atoms with Gasteiger partial charge >= 0.3 is 0 Å². The van der Waals surface area contributed by atoms with Crippen molar-refractivity contribution in [2.45, 2.75) is 30.8 Å². The van der Waals surface area contributed by atoms with E-state index in [9.17, 15) is 4.79 Å². The highest BCUT2D eigenvalue weighted by molar-refractivity contribution is 7.98. The maximum absolute atomic E-state index is 13.6. The first-order valence-electron chi connectivity index (χ1n) is 11.8. The number of hydrogen-bond acceptors (Lipinski definition) is 6. The number of amides is 1. The fraction of sp³-hybridized carbons (Fsp3) is 0.179. The van der Waals surface area contributed by atoms with Crippen LogP contribution < -0.4 is 15.4 Å². The number of rotatable bonds is 7. The van der Waals surface area contributed by atoms with Crippen LogP contribution in [-0.4, -0.2) is 27.8 Å². The van der Waals surface area contributed by atoms with Crippen molar-refractivity contribution in [3.8, 4) is 5.75 Å². The topological polar surface area (TPSA) is 81.1 Å². The molecule has 2 heterocycles. The molecule has 1 aliphatic heterocycles. The Kier molecular flexibility index (Phi) is 7.21. The average molecular weight is 532 g/mol. The Bertz CT molecular complexity index is 1480. The second kappa shape index (κ2) is 10.7. The van der Waals surface area contributed by atoms with E-state index in [0.717, 1.165) is 28.1 Å². The Morgan fingerprint density at radius 3 is 2.62 bits per heavy atom. The number of fused-ring (bicyclic) bond motifs is 1. The van der Waals surface area contributed by atoms with Crippen molar-refractivity contribution in [1.29, 1.82) is 0 Å². The Morgan fingerprint density at radius 1 is 1.11 bits per heavy atom. The minimum Gasteiger partial charge on any atom is -0.497 e. The average Bonchev–Trinajstić information content (AvgIpc) is 3.29. The maximum Gasteiger partial charge on any atom is 0.255 e. The predicted molar refractivity (Wildman–Crippen MR) is 148 cm³/mol. The number of benzene rings is 3. The number of anilines is 2. The third-order valence-corrected chi connectivity index (χ3v) is 7.36. The molecule has 0 spiro atoms. The van der Waals surface area contributed by atoms with Crippen molar-refractivity contribution >= 4 is 40.9 Å². The molecule has 188 valence electrons. The van der Waals surface area contributed by atoms with Gasteiger partial charge in [-0.25, -0.2) is 4.68 Å². The van der Waals surface area contributed by atoms with E-state index in [1.807, 2.05) is 86.6 Å². The van der Waals surface area contributed by atoms with Crippen LogP contribution in [0.1, 0.15) is 29.7 Å². The lowest BCUT2D eigenvalue weighted by atomic mass is 9.95. The Labute approximate surface area is 224 Å². The van der Waals surface area contributed by atoms with Gasteiger partial charge in [-0.2, -0.15) is 4.98 Å². The highest BCUT2D eigenvalue weighted by Crippen LogP contribution is 2.37. The zero-order chi connectivity index (χ0) is 25.9. The molecular weight excluding hydrogens is 506 g/mol. The number of nitrogens with zero attached hydrogens (tertiary/aromatic N) is 3. The van der Waals surface area contributed by atoms with Crippen LogP contribution in [0.25, 0.3) is 0 Å². The van der Waals surface area contributed by atoms with Gasteiger partial charge < -0.3 is 15.4 Å². The van der Waals surface area contributed by atoms with E-state index in [1.54, 1.807) is 11.8 Å². The van der Waals surface area contributed by atoms with Crippen molar-refractivity contribution < 1.29 is 9.53 Å². The number of nitrogens with one attached hydrogen (secondary N) is 2. The molecule has 0 aliphatic carbocycles. The highest BCUT2D eigenvalue weighted by Gasteiger charge is 2.34. The van der Waals surface area contributed by atoms with Crippen LogP contribution in [0.3, 0.4) is 0 Å². The summed E-state index contributed by atoms with van der Waals surface area (Å²) in [6, 6.07) is 22.6. The van der Waals surface area contributed by atoms with Gasteiger partial charge in [-0.05, 0) is 60.9 Å². The van der Waals surface area contributed by atoms with E-state index in [0.29, 0.717) is 33.2 Å². The molecule has 0 saturated heterocycles. The first-order chi connectivity index (χ1) is 17.9. The number of halogens is 1. The summed E-state index contributed by atoms with van der Waals surface area (Å²) >= 11 is 7.83. The molecule has 1 aliphatic rings. The van der Waals surface area contributed by atoms with Crippen molar-refractivity contribution in [3.05, 3.63) is 106 Å². The lowest BCUT2D eigenvalue weighted by Gasteiger charge is -2.28. The minimum absolute atomic E-state index is 0.206. The molecule has 37 heavy (non-hydrogen) atoms. The van der Waals surface area contributed by atoms with Crippen LogP contribution >= 0.6 is 23.4 Å². The largest absolute Gasteiger partial charge is 0.497 e. The summed E-state index contributed by atoms with van der Waals surface area (Å²) in [6.45, 7) is 3.88. The number of ether oxygens (including phenoxy) is 1. The molecular formula is C28H26ClN5O2S. The molecule has 4 aromatic rings. The van der Waals surface area contributed by atoms with Crippen molar-refractivity contribution in [3.63, 3.8) is 0 Å². The van der Waals surface area contributed by atoms with Gasteiger partial charge in [0, 0.05) is 22.2 Å². The number of carbonyl (C=O) groups excluding carboxylic acids is 1. The summed E-state index contributed by atoms with van der Waals surface area (Å²) in [5, 5.41) is 12.4. The van der Waals surface area contributed by atoms with E-state index < -0.39 is 6.04 Å². The summed E-state index contributed by atoms with van der Waals surface area (Å²) in [5.74, 6) is 1.73. The Balaban J connectivity index is 1.50. The van der Waals surface area contributed by atoms with E-state index in [-0.39, 0.29) is 5.91 Å². The van der Waals surface area contributed by atoms with Crippen LogP contribution in [-0.2, 0) is 10.5 Å². The predicted octanol–water partition coefficient (Wildman–Crippen LogP) is 6.47. The van der Waals surface area contributed by atoms with Gasteiger partial charge in [-0.3, -0.25) is 4.79 Å². The van der Waals surface area contributed by atoms with Crippen LogP contribution in [0, 0.1) is 6.92 Å². The molecule has 1 aromatic heterocycles. The van der Waals surface area contributed by atoms with Gasteiger partial charge in [0.05, 0.1) is 12.7 Å². The molecule has 7 nitrogen and oxygen atoms in total. The van der Waals surface area contributed by atoms with Gasteiger partial charge in [-0.15, -0.1) is 5.10 Å². The van der Waals surface area contributed by atoms with Crippen molar-refractivity contribution in [2.75, 3.05) is 17.7 Å². The van der Waals surface area contributed by atoms with E-state index in [1.165, 1.54) is 11.8 Å². The fourth-order valence-electron chi connectivity index (χ4n) is 4.26. The van der Waals surface area contributed by atoms with Crippen LogP contribution in [0.4, 0.5) is 11.6 Å². The number of thioether (sulfide) groups is 1. The van der Waals surface area contributed by atoms with Gasteiger partial charge in [0.15, 0.2) is 0 Å². The zero-order valence-electron chi connectivity index (χ0n) is 20.7. The monoisotopic (exact) mass is 531 g/mol. The number of carbonyl (C=O) groups is 1. The molecule has 1 unspecified atom stereocenters. The molecule has 1 atom stereocenters. The first kappa shape index (κ1) is 24.9. The summed E-state index contributed by atoms with van der Waals surface area (Å²) in [4.78, 5) is 18.4. The van der Waals surface area contributed by atoms with E-state index in [4.69, 9.17) is 26.4 Å². The Morgan fingerprint density at radius 2 is 1.89 bits per heavy atom.